The van der Waals surface area contributed by atoms with Crippen molar-refractivity contribution < 1.29 is 4.43 Å². The lowest BCUT2D eigenvalue weighted by molar-refractivity contribution is 0.282. The van der Waals surface area contributed by atoms with Crippen LogP contribution in [0.1, 0.15) is 13.8 Å². The largest absolute Gasteiger partial charge is 0.381 e. The second-order valence-electron chi connectivity index (χ2n) is 2.16. The van der Waals surface area contributed by atoms with Crippen LogP contribution in [0.4, 0.5) is 0 Å². The molecule has 0 radical (unpaired) electrons. The molecule has 0 aromatic rings. The van der Waals surface area contributed by atoms with Crippen LogP contribution in [0.25, 0.3) is 0 Å². The van der Waals surface area contributed by atoms with Crippen LogP contribution in [0.3, 0.4) is 0 Å². The van der Waals surface area contributed by atoms with E-state index in [1.54, 1.807) is 0 Å². The molecule has 0 aromatic carbocycles. The van der Waals surface area contributed by atoms with Crippen LogP contribution < -0.4 is 15.3 Å². The summed E-state index contributed by atoms with van der Waals surface area (Å²) in [6.45, 7) is 6.72. The van der Waals surface area contributed by atoms with Crippen molar-refractivity contribution in [2.75, 3.05) is 26.9 Å². The van der Waals surface area contributed by atoms with Crippen molar-refractivity contribution in [2.24, 2.45) is 0 Å². The molecule has 0 atom stereocenters. The molecule has 0 aromatic heterocycles. The normalized spacial score (nSPS) is 10.9. The van der Waals surface area contributed by atoms with Gasteiger partial charge in [-0.15, -0.1) is 0 Å². The van der Waals surface area contributed by atoms with Crippen LogP contribution in [0.5, 0.6) is 0 Å². The van der Waals surface area contributed by atoms with Crippen LogP contribution in [-0.2, 0) is 4.43 Å². The third kappa shape index (κ3) is 6.45. The van der Waals surface area contributed by atoms with Gasteiger partial charge < -0.3 is 14.4 Å². The van der Waals surface area contributed by atoms with E-state index in [2.05, 4.69) is 29.1 Å². The second-order valence-corrected chi connectivity index (χ2v) is 4.07. The Balaban J connectivity index is 3.34. The molecule has 4 nitrogen and oxygen atoms in total. The molecule has 0 aliphatic carbocycles. The van der Waals surface area contributed by atoms with Crippen molar-refractivity contribution in [1.82, 2.24) is 15.3 Å². The molecular formula is C6H19N3OSi. The van der Waals surface area contributed by atoms with Gasteiger partial charge in [-0.05, 0) is 20.1 Å². The van der Waals surface area contributed by atoms with E-state index in [-0.39, 0.29) is 0 Å². The van der Waals surface area contributed by atoms with Gasteiger partial charge in [0.15, 0.2) is 0 Å². The lowest BCUT2D eigenvalue weighted by Gasteiger charge is -2.16. The summed E-state index contributed by atoms with van der Waals surface area (Å²) < 4.78 is 5.48. The van der Waals surface area contributed by atoms with Gasteiger partial charge in [0.25, 0.3) is 0 Å². The Hall–Kier alpha value is 0.0569. The van der Waals surface area contributed by atoms with Crippen LogP contribution in [0, 0.1) is 0 Å². The summed E-state index contributed by atoms with van der Waals surface area (Å²) in [5.41, 5.74) is 0. The first-order chi connectivity index (χ1) is 5.35. The Kier molecular flexibility index (Phi) is 8.20. The molecule has 0 heterocycles. The lowest BCUT2D eigenvalue weighted by Crippen LogP contribution is -2.50. The maximum atomic E-state index is 5.48. The Labute approximate surface area is 70.6 Å². The topological polar surface area (TPSA) is 45.3 Å². The van der Waals surface area contributed by atoms with Crippen LogP contribution in [0.2, 0.25) is 0 Å². The van der Waals surface area contributed by atoms with Crippen molar-refractivity contribution in [3.63, 3.8) is 0 Å². The maximum Gasteiger partial charge on any atom is 0.336 e. The zero-order chi connectivity index (χ0) is 8.53. The van der Waals surface area contributed by atoms with Crippen molar-refractivity contribution in [3.05, 3.63) is 0 Å². The monoisotopic (exact) mass is 177 g/mol. The Morgan fingerprint density at radius 1 is 1.18 bits per heavy atom. The highest BCUT2D eigenvalue weighted by Crippen LogP contribution is 1.74. The number of hydrogen-bond acceptors (Lipinski definition) is 4. The molecule has 11 heavy (non-hydrogen) atoms. The second kappa shape index (κ2) is 8.16. The molecule has 0 aliphatic heterocycles. The van der Waals surface area contributed by atoms with Gasteiger partial charge in [-0.2, -0.15) is 0 Å². The third-order valence-corrected chi connectivity index (χ3v) is 3.23. The molecule has 0 fully saturated rings. The predicted molar refractivity (Wildman–Crippen MR) is 49.5 cm³/mol. The average Bonchev–Trinajstić information content (AvgIpc) is 2.01. The van der Waals surface area contributed by atoms with Crippen molar-refractivity contribution in [3.8, 4) is 0 Å². The molecule has 3 N–H and O–H groups in total. The first-order valence-corrected chi connectivity index (χ1v) is 5.70. The van der Waals surface area contributed by atoms with Crippen molar-refractivity contribution >= 4 is 9.36 Å². The molecule has 5 heteroatoms. The van der Waals surface area contributed by atoms with Gasteiger partial charge in [-0.1, -0.05) is 13.8 Å². The predicted octanol–water partition coefficient (Wildman–Crippen LogP) is -0.884. The minimum atomic E-state index is -1.31. The average molecular weight is 177 g/mol. The molecule has 0 rings (SSSR count). The fourth-order valence-electron chi connectivity index (χ4n) is 0.727. The van der Waals surface area contributed by atoms with E-state index < -0.39 is 9.36 Å². The summed E-state index contributed by atoms with van der Waals surface area (Å²) in [7, 11) is 0.564. The first-order valence-electron chi connectivity index (χ1n) is 4.08. The summed E-state index contributed by atoms with van der Waals surface area (Å²) in [6, 6.07) is 0. The van der Waals surface area contributed by atoms with Gasteiger partial charge in [-0.3, -0.25) is 5.32 Å². The molecule has 68 valence electrons. The highest BCUT2D eigenvalue weighted by Gasteiger charge is 2.06. The van der Waals surface area contributed by atoms with Crippen molar-refractivity contribution in [1.29, 1.82) is 0 Å². The highest BCUT2D eigenvalue weighted by molar-refractivity contribution is 6.45. The Morgan fingerprint density at radius 2 is 1.73 bits per heavy atom. The van der Waals surface area contributed by atoms with E-state index in [9.17, 15) is 0 Å². The molecule has 0 saturated carbocycles. The maximum absolute atomic E-state index is 5.48. The summed E-state index contributed by atoms with van der Waals surface area (Å²) in [5.74, 6) is 0. The summed E-state index contributed by atoms with van der Waals surface area (Å²) in [5, 5.41) is 2.95. The van der Waals surface area contributed by atoms with Gasteiger partial charge in [0.05, 0.1) is 6.73 Å². The van der Waals surface area contributed by atoms with Gasteiger partial charge in [0, 0.05) is 0 Å². The molecule has 0 saturated heterocycles. The SMILES string of the molecule is CCN[SiH](NCC)OCNC. The molecular weight excluding hydrogens is 158 g/mol. The molecule has 0 unspecified atom stereocenters. The highest BCUT2D eigenvalue weighted by atomic mass is 28.3. The summed E-state index contributed by atoms with van der Waals surface area (Å²) in [6.07, 6.45) is 0. The lowest BCUT2D eigenvalue weighted by atomic mass is 10.8. The van der Waals surface area contributed by atoms with E-state index >= 15 is 0 Å². The molecule has 0 spiro atoms. The molecule has 0 bridgehead atoms. The van der Waals surface area contributed by atoms with Gasteiger partial charge >= 0.3 is 9.36 Å². The van der Waals surface area contributed by atoms with Crippen LogP contribution in [-0.4, -0.2) is 36.2 Å². The van der Waals surface area contributed by atoms with Gasteiger partial charge in [-0.25, -0.2) is 0 Å². The fourth-order valence-corrected chi connectivity index (χ4v) is 2.18. The molecule has 0 aliphatic rings. The van der Waals surface area contributed by atoms with Crippen LogP contribution >= 0.6 is 0 Å². The van der Waals surface area contributed by atoms with E-state index in [4.69, 9.17) is 4.43 Å². The smallest absolute Gasteiger partial charge is 0.336 e. The van der Waals surface area contributed by atoms with E-state index in [0.717, 1.165) is 13.1 Å². The quantitative estimate of drug-likeness (QED) is 0.349. The van der Waals surface area contributed by atoms with Gasteiger partial charge in [0.2, 0.25) is 0 Å². The third-order valence-electron chi connectivity index (χ3n) is 1.17. The van der Waals surface area contributed by atoms with Gasteiger partial charge in [0.1, 0.15) is 0 Å². The molecule has 0 amide bonds. The number of rotatable bonds is 7. The summed E-state index contributed by atoms with van der Waals surface area (Å²) in [4.78, 5) is 6.57. The Morgan fingerprint density at radius 3 is 2.09 bits per heavy atom. The fraction of sp³-hybridized carbons (Fsp3) is 1.00. The number of nitrogens with one attached hydrogen (secondary N) is 3. The minimum Gasteiger partial charge on any atom is -0.381 e. The van der Waals surface area contributed by atoms with E-state index in [0.29, 0.717) is 6.73 Å². The summed E-state index contributed by atoms with van der Waals surface area (Å²) >= 11 is 0. The van der Waals surface area contributed by atoms with E-state index in [1.807, 2.05) is 7.05 Å². The van der Waals surface area contributed by atoms with Crippen LogP contribution in [0.15, 0.2) is 0 Å². The van der Waals surface area contributed by atoms with Crippen molar-refractivity contribution in [2.45, 2.75) is 13.8 Å². The zero-order valence-electron chi connectivity index (χ0n) is 7.61. The van der Waals surface area contributed by atoms with E-state index in [1.165, 1.54) is 0 Å². The minimum absolute atomic E-state index is 0.622. The first kappa shape index (κ1) is 11.1. The zero-order valence-corrected chi connectivity index (χ0v) is 8.76. The standard InChI is InChI=1S/C6H19N3OSi/c1-4-8-11(9-5-2)10-6-7-3/h7-9,11H,4-6H2,1-3H3. The Bertz CT molecular complexity index is 78.2. The number of hydrogen-bond donors (Lipinski definition) is 3.